The SMILES string of the molecule is CN1CCCC(c2cn3c(N)cccc3n2)C1. The molecule has 0 spiro atoms. The van der Waals surface area contributed by atoms with Gasteiger partial charge in [0.25, 0.3) is 0 Å². The summed E-state index contributed by atoms with van der Waals surface area (Å²) in [5.74, 6) is 1.30. The Morgan fingerprint density at radius 2 is 2.29 bits per heavy atom. The lowest BCUT2D eigenvalue weighted by Gasteiger charge is -2.28. The molecule has 4 nitrogen and oxygen atoms in total. The highest BCUT2D eigenvalue weighted by Gasteiger charge is 2.21. The van der Waals surface area contributed by atoms with Crippen molar-refractivity contribution in [3.63, 3.8) is 0 Å². The fraction of sp³-hybridized carbons (Fsp3) is 0.462. The Labute approximate surface area is 101 Å². The largest absolute Gasteiger partial charge is 0.385 e. The molecule has 1 aliphatic heterocycles. The number of piperidine rings is 1. The fourth-order valence-corrected chi connectivity index (χ4v) is 2.66. The molecule has 1 unspecified atom stereocenters. The Kier molecular flexibility index (Phi) is 2.52. The summed E-state index contributed by atoms with van der Waals surface area (Å²) in [6, 6.07) is 5.87. The first kappa shape index (κ1) is 10.6. The third-order valence-electron chi connectivity index (χ3n) is 3.59. The second-order valence-electron chi connectivity index (χ2n) is 4.95. The predicted molar refractivity (Wildman–Crippen MR) is 69.1 cm³/mol. The van der Waals surface area contributed by atoms with E-state index < -0.39 is 0 Å². The van der Waals surface area contributed by atoms with Gasteiger partial charge in [0.1, 0.15) is 11.5 Å². The maximum Gasteiger partial charge on any atom is 0.138 e. The Balaban J connectivity index is 1.97. The van der Waals surface area contributed by atoms with Crippen LogP contribution in [0.25, 0.3) is 5.65 Å². The standard InChI is InChI=1S/C13H18N4/c1-16-7-3-4-10(8-16)11-9-17-12(14)5-2-6-13(17)15-11/h2,5-6,9-10H,3-4,7-8,14H2,1H3. The zero-order chi connectivity index (χ0) is 11.8. The number of likely N-dealkylation sites (tertiary alicyclic amines) is 1. The number of hydrogen-bond donors (Lipinski definition) is 1. The number of imidazole rings is 1. The van der Waals surface area contributed by atoms with Gasteiger partial charge < -0.3 is 10.6 Å². The normalized spacial score (nSPS) is 22.1. The molecule has 1 aliphatic rings. The second-order valence-corrected chi connectivity index (χ2v) is 4.95. The van der Waals surface area contributed by atoms with Crippen LogP contribution in [0.1, 0.15) is 24.5 Å². The average Bonchev–Trinajstić information content (AvgIpc) is 2.74. The molecule has 90 valence electrons. The van der Waals surface area contributed by atoms with Crippen LogP contribution >= 0.6 is 0 Å². The van der Waals surface area contributed by atoms with Gasteiger partial charge in [-0.1, -0.05) is 6.07 Å². The number of aromatic nitrogens is 2. The first-order valence-electron chi connectivity index (χ1n) is 6.16. The van der Waals surface area contributed by atoms with E-state index in [1.165, 1.54) is 25.1 Å². The van der Waals surface area contributed by atoms with Gasteiger partial charge in [-0.25, -0.2) is 4.98 Å². The molecular formula is C13H18N4. The maximum absolute atomic E-state index is 5.94. The molecule has 2 N–H and O–H groups in total. The van der Waals surface area contributed by atoms with Crippen LogP contribution in [0.15, 0.2) is 24.4 Å². The summed E-state index contributed by atoms with van der Waals surface area (Å²) < 4.78 is 1.98. The van der Waals surface area contributed by atoms with Crippen LogP contribution in [-0.2, 0) is 0 Å². The summed E-state index contributed by atoms with van der Waals surface area (Å²) in [5, 5.41) is 0. The van der Waals surface area contributed by atoms with E-state index in [1.807, 2.05) is 22.6 Å². The van der Waals surface area contributed by atoms with Gasteiger partial charge in [-0.2, -0.15) is 0 Å². The van der Waals surface area contributed by atoms with Crippen molar-refractivity contribution in [3.05, 3.63) is 30.1 Å². The van der Waals surface area contributed by atoms with Crippen molar-refractivity contribution in [1.82, 2.24) is 14.3 Å². The molecule has 1 atom stereocenters. The van der Waals surface area contributed by atoms with E-state index >= 15 is 0 Å². The van der Waals surface area contributed by atoms with Gasteiger partial charge in [0.15, 0.2) is 0 Å². The van der Waals surface area contributed by atoms with Crippen LogP contribution in [0, 0.1) is 0 Å². The average molecular weight is 230 g/mol. The molecule has 3 rings (SSSR count). The number of fused-ring (bicyclic) bond motifs is 1. The van der Waals surface area contributed by atoms with E-state index in [9.17, 15) is 0 Å². The summed E-state index contributed by atoms with van der Waals surface area (Å²) in [7, 11) is 2.18. The number of nitrogens with zero attached hydrogens (tertiary/aromatic N) is 3. The number of rotatable bonds is 1. The number of hydrogen-bond acceptors (Lipinski definition) is 3. The summed E-state index contributed by atoms with van der Waals surface area (Å²) in [6.07, 6.45) is 4.58. The lowest BCUT2D eigenvalue weighted by Crippen LogP contribution is -2.30. The molecule has 0 radical (unpaired) electrons. The molecule has 0 aliphatic carbocycles. The number of nitrogens with two attached hydrogens (primary N) is 1. The number of nitrogen functional groups attached to an aromatic ring is 1. The van der Waals surface area contributed by atoms with Gasteiger partial charge in [-0.3, -0.25) is 4.40 Å². The Hall–Kier alpha value is -1.55. The molecule has 17 heavy (non-hydrogen) atoms. The molecule has 2 aromatic rings. The predicted octanol–water partition coefficient (Wildman–Crippen LogP) is 1.73. The molecule has 0 aromatic carbocycles. The second kappa shape index (κ2) is 4.04. The highest BCUT2D eigenvalue weighted by Crippen LogP contribution is 2.26. The first-order chi connectivity index (χ1) is 8.24. The third kappa shape index (κ3) is 1.89. The Morgan fingerprint density at radius 3 is 3.06 bits per heavy atom. The summed E-state index contributed by atoms with van der Waals surface area (Å²) in [4.78, 5) is 7.06. The topological polar surface area (TPSA) is 46.6 Å². The molecule has 4 heteroatoms. The quantitative estimate of drug-likeness (QED) is 0.811. The first-order valence-corrected chi connectivity index (χ1v) is 6.16. The van der Waals surface area contributed by atoms with E-state index in [1.54, 1.807) is 0 Å². The van der Waals surface area contributed by atoms with E-state index in [0.717, 1.165) is 18.0 Å². The zero-order valence-corrected chi connectivity index (χ0v) is 10.1. The third-order valence-corrected chi connectivity index (χ3v) is 3.59. The van der Waals surface area contributed by atoms with Crippen molar-refractivity contribution in [2.45, 2.75) is 18.8 Å². The molecular weight excluding hydrogens is 212 g/mol. The number of likely N-dealkylation sites (N-methyl/N-ethyl adjacent to an activating group) is 1. The lowest BCUT2D eigenvalue weighted by molar-refractivity contribution is 0.249. The minimum Gasteiger partial charge on any atom is -0.385 e. The van der Waals surface area contributed by atoms with E-state index in [2.05, 4.69) is 23.1 Å². The summed E-state index contributed by atoms with van der Waals surface area (Å²) in [6.45, 7) is 2.30. The van der Waals surface area contributed by atoms with Crippen LogP contribution in [0.5, 0.6) is 0 Å². The van der Waals surface area contributed by atoms with Gasteiger partial charge in [0.2, 0.25) is 0 Å². The maximum atomic E-state index is 5.94. The van der Waals surface area contributed by atoms with Crippen molar-refractivity contribution >= 4 is 11.5 Å². The van der Waals surface area contributed by atoms with Gasteiger partial charge in [0, 0.05) is 18.7 Å². The van der Waals surface area contributed by atoms with Crippen LogP contribution in [0.3, 0.4) is 0 Å². The van der Waals surface area contributed by atoms with Crippen molar-refractivity contribution in [3.8, 4) is 0 Å². The van der Waals surface area contributed by atoms with Crippen molar-refractivity contribution in [1.29, 1.82) is 0 Å². The Bertz CT molecular complexity index is 531. The zero-order valence-electron chi connectivity index (χ0n) is 10.1. The van der Waals surface area contributed by atoms with Crippen LogP contribution in [0.2, 0.25) is 0 Å². The highest BCUT2D eigenvalue weighted by atomic mass is 15.1. The summed E-state index contributed by atoms with van der Waals surface area (Å²) >= 11 is 0. The molecule has 1 saturated heterocycles. The molecule has 2 aromatic heterocycles. The molecule has 0 amide bonds. The highest BCUT2D eigenvalue weighted by molar-refractivity contribution is 5.49. The number of pyridine rings is 1. The van der Waals surface area contributed by atoms with Gasteiger partial charge in [-0.05, 0) is 38.6 Å². The molecule has 0 saturated carbocycles. The van der Waals surface area contributed by atoms with Crippen LogP contribution in [0.4, 0.5) is 5.82 Å². The minimum atomic E-state index is 0.549. The molecule has 1 fully saturated rings. The summed E-state index contributed by atoms with van der Waals surface area (Å²) in [5.41, 5.74) is 8.07. The van der Waals surface area contributed by atoms with Crippen LogP contribution < -0.4 is 5.73 Å². The van der Waals surface area contributed by atoms with Crippen molar-refractivity contribution < 1.29 is 0 Å². The molecule has 0 bridgehead atoms. The monoisotopic (exact) mass is 230 g/mol. The lowest BCUT2D eigenvalue weighted by atomic mass is 9.96. The molecule has 3 heterocycles. The smallest absolute Gasteiger partial charge is 0.138 e. The number of anilines is 1. The minimum absolute atomic E-state index is 0.549. The van der Waals surface area contributed by atoms with E-state index in [4.69, 9.17) is 5.73 Å². The van der Waals surface area contributed by atoms with E-state index in [-0.39, 0.29) is 0 Å². The fourth-order valence-electron chi connectivity index (χ4n) is 2.66. The van der Waals surface area contributed by atoms with Gasteiger partial charge in [-0.15, -0.1) is 0 Å². The van der Waals surface area contributed by atoms with Gasteiger partial charge >= 0.3 is 0 Å². The Morgan fingerprint density at radius 1 is 1.41 bits per heavy atom. The van der Waals surface area contributed by atoms with Crippen LogP contribution in [-0.4, -0.2) is 34.4 Å². The van der Waals surface area contributed by atoms with Crippen molar-refractivity contribution in [2.24, 2.45) is 0 Å². The van der Waals surface area contributed by atoms with Crippen molar-refractivity contribution in [2.75, 3.05) is 25.9 Å². The van der Waals surface area contributed by atoms with Gasteiger partial charge in [0.05, 0.1) is 5.69 Å². The van der Waals surface area contributed by atoms with E-state index in [0.29, 0.717) is 5.92 Å².